The van der Waals surface area contributed by atoms with Crippen LogP contribution >= 0.6 is 0 Å². The van der Waals surface area contributed by atoms with Crippen LogP contribution in [-0.4, -0.2) is 42.9 Å². The van der Waals surface area contributed by atoms with Crippen LogP contribution in [0.5, 0.6) is 17.2 Å². The molecule has 166 valence electrons. The predicted octanol–water partition coefficient (Wildman–Crippen LogP) is 5.48. The Labute approximate surface area is 190 Å². The van der Waals surface area contributed by atoms with Crippen LogP contribution in [0.4, 0.5) is 0 Å². The molecule has 0 aliphatic carbocycles. The van der Waals surface area contributed by atoms with Crippen molar-refractivity contribution in [3.05, 3.63) is 89.0 Å². The Kier molecular flexibility index (Phi) is 6.04. The van der Waals surface area contributed by atoms with Gasteiger partial charge < -0.3 is 14.6 Å². The van der Waals surface area contributed by atoms with Crippen molar-refractivity contribution in [2.75, 3.05) is 32.8 Å². The molecule has 0 bridgehead atoms. The topological polar surface area (TPSA) is 41.9 Å². The molecule has 2 atom stereocenters. The van der Waals surface area contributed by atoms with Gasteiger partial charge in [-0.2, -0.15) is 0 Å². The van der Waals surface area contributed by atoms with E-state index in [1.165, 1.54) is 42.6 Å². The number of rotatable bonds is 6. The van der Waals surface area contributed by atoms with Gasteiger partial charge in [0.05, 0.1) is 6.61 Å². The quantitative estimate of drug-likeness (QED) is 0.563. The first-order valence-corrected chi connectivity index (χ1v) is 11.6. The summed E-state index contributed by atoms with van der Waals surface area (Å²) in [6, 6.07) is 22.7. The van der Waals surface area contributed by atoms with Crippen molar-refractivity contribution in [1.29, 1.82) is 0 Å². The largest absolute Gasteiger partial charge is 0.508 e. The second kappa shape index (κ2) is 9.25. The Morgan fingerprint density at radius 2 is 1.66 bits per heavy atom. The average molecular weight is 430 g/mol. The van der Waals surface area contributed by atoms with Crippen LogP contribution < -0.4 is 9.47 Å². The van der Waals surface area contributed by atoms with Crippen molar-refractivity contribution >= 4 is 0 Å². The zero-order valence-electron chi connectivity index (χ0n) is 18.7. The van der Waals surface area contributed by atoms with Crippen LogP contribution in [0.2, 0.25) is 0 Å². The number of phenolic OH excluding ortho intramolecular Hbond substituents is 1. The summed E-state index contributed by atoms with van der Waals surface area (Å²) in [5, 5.41) is 9.96. The fraction of sp³-hybridized carbons (Fsp3) is 0.357. The number of ether oxygens (including phenoxy) is 2. The third kappa shape index (κ3) is 4.46. The van der Waals surface area contributed by atoms with E-state index in [-0.39, 0.29) is 17.6 Å². The summed E-state index contributed by atoms with van der Waals surface area (Å²) in [6.45, 7) is 6.80. The van der Waals surface area contributed by atoms with Crippen LogP contribution in [0.1, 0.15) is 46.9 Å². The van der Waals surface area contributed by atoms with E-state index in [2.05, 4.69) is 60.4 Å². The maximum atomic E-state index is 9.96. The summed E-state index contributed by atoms with van der Waals surface area (Å²) < 4.78 is 12.1. The van der Waals surface area contributed by atoms with E-state index in [0.29, 0.717) is 6.61 Å². The summed E-state index contributed by atoms with van der Waals surface area (Å²) in [7, 11) is 0. The highest BCUT2D eigenvalue weighted by Crippen LogP contribution is 2.47. The molecule has 1 saturated heterocycles. The van der Waals surface area contributed by atoms with Gasteiger partial charge in [0, 0.05) is 30.0 Å². The maximum absolute atomic E-state index is 9.96. The zero-order chi connectivity index (χ0) is 21.9. The lowest BCUT2D eigenvalue weighted by Gasteiger charge is -2.34. The SMILES string of the molecule is Cc1ccc([C@H]2COc3cc(O)ccc3[C@H]2c2ccc(OCCN3CCCC3)cc2)cc1. The van der Waals surface area contributed by atoms with Crippen LogP contribution in [0.15, 0.2) is 66.7 Å². The van der Waals surface area contributed by atoms with Crippen LogP contribution in [0.25, 0.3) is 0 Å². The molecule has 4 nitrogen and oxygen atoms in total. The molecule has 4 heteroatoms. The first kappa shape index (κ1) is 20.9. The van der Waals surface area contributed by atoms with Crippen molar-refractivity contribution in [3.8, 4) is 17.2 Å². The summed E-state index contributed by atoms with van der Waals surface area (Å²) in [5.74, 6) is 2.27. The van der Waals surface area contributed by atoms with Crippen molar-refractivity contribution in [2.24, 2.45) is 0 Å². The lowest BCUT2D eigenvalue weighted by Crippen LogP contribution is -2.25. The van der Waals surface area contributed by atoms with Crippen molar-refractivity contribution in [2.45, 2.75) is 31.6 Å². The molecular formula is C28H31NO3. The Morgan fingerprint density at radius 3 is 2.41 bits per heavy atom. The summed E-state index contributed by atoms with van der Waals surface area (Å²) >= 11 is 0. The Balaban J connectivity index is 1.39. The summed E-state index contributed by atoms with van der Waals surface area (Å²) in [6.07, 6.45) is 2.61. The van der Waals surface area contributed by atoms with E-state index >= 15 is 0 Å². The van der Waals surface area contributed by atoms with Gasteiger partial charge in [0.25, 0.3) is 0 Å². The standard InChI is InChI=1S/C28H31NO3/c1-20-4-6-21(7-5-20)26-19-32-27-18-23(30)10-13-25(27)28(26)22-8-11-24(12-9-22)31-17-16-29-14-2-3-15-29/h4-13,18,26,28,30H,2-3,14-17,19H2,1H3/t26-,28-/m1/s1. The first-order valence-electron chi connectivity index (χ1n) is 11.6. The van der Waals surface area contributed by atoms with Crippen molar-refractivity contribution in [1.82, 2.24) is 4.90 Å². The maximum Gasteiger partial charge on any atom is 0.126 e. The molecule has 3 aromatic carbocycles. The number of phenols is 1. The highest BCUT2D eigenvalue weighted by atomic mass is 16.5. The zero-order valence-corrected chi connectivity index (χ0v) is 18.7. The molecule has 2 heterocycles. The number of fused-ring (bicyclic) bond motifs is 1. The normalized spacial score (nSPS) is 20.5. The average Bonchev–Trinajstić information content (AvgIpc) is 3.33. The Hall–Kier alpha value is -2.98. The minimum Gasteiger partial charge on any atom is -0.508 e. The number of benzene rings is 3. The summed E-state index contributed by atoms with van der Waals surface area (Å²) in [4.78, 5) is 2.47. The van der Waals surface area contributed by atoms with Gasteiger partial charge in [-0.25, -0.2) is 0 Å². The van der Waals surface area contributed by atoms with Gasteiger partial charge in [-0.3, -0.25) is 4.90 Å². The number of hydrogen-bond donors (Lipinski definition) is 1. The lowest BCUT2D eigenvalue weighted by atomic mass is 9.76. The van der Waals surface area contributed by atoms with E-state index in [1.807, 2.05) is 6.07 Å². The van der Waals surface area contributed by atoms with Gasteiger partial charge in [0.1, 0.15) is 23.9 Å². The molecule has 0 spiro atoms. The Bertz CT molecular complexity index is 1040. The van der Waals surface area contributed by atoms with Gasteiger partial charge in [0.15, 0.2) is 0 Å². The first-order chi connectivity index (χ1) is 15.7. The summed E-state index contributed by atoms with van der Waals surface area (Å²) in [5.41, 5.74) is 4.87. The van der Waals surface area contributed by atoms with Gasteiger partial charge in [-0.05, 0) is 62.2 Å². The highest BCUT2D eigenvalue weighted by molar-refractivity contribution is 5.51. The molecule has 0 aromatic heterocycles. The monoisotopic (exact) mass is 429 g/mol. The third-order valence-electron chi connectivity index (χ3n) is 6.77. The van der Waals surface area contributed by atoms with Crippen LogP contribution in [0.3, 0.4) is 0 Å². The molecule has 2 aliphatic heterocycles. The minimum atomic E-state index is 0.153. The number of nitrogens with zero attached hydrogens (tertiary/aromatic N) is 1. The van der Waals surface area contributed by atoms with Crippen LogP contribution in [0, 0.1) is 6.92 Å². The number of aryl methyl sites for hydroxylation is 1. The molecule has 3 aromatic rings. The molecule has 0 unspecified atom stereocenters. The molecule has 0 saturated carbocycles. The van der Waals surface area contributed by atoms with Crippen molar-refractivity contribution < 1.29 is 14.6 Å². The molecule has 0 radical (unpaired) electrons. The third-order valence-corrected chi connectivity index (χ3v) is 6.77. The fourth-order valence-electron chi connectivity index (χ4n) is 4.98. The minimum absolute atomic E-state index is 0.153. The highest BCUT2D eigenvalue weighted by Gasteiger charge is 2.33. The van der Waals surface area contributed by atoms with E-state index in [1.54, 1.807) is 12.1 Å². The van der Waals surface area contributed by atoms with E-state index in [4.69, 9.17) is 9.47 Å². The molecule has 0 amide bonds. The van der Waals surface area contributed by atoms with E-state index in [0.717, 1.165) is 30.2 Å². The molecule has 1 fully saturated rings. The van der Waals surface area contributed by atoms with Gasteiger partial charge in [-0.1, -0.05) is 48.0 Å². The van der Waals surface area contributed by atoms with E-state index in [9.17, 15) is 5.11 Å². The van der Waals surface area contributed by atoms with Gasteiger partial charge in [0.2, 0.25) is 0 Å². The van der Waals surface area contributed by atoms with Gasteiger partial charge >= 0.3 is 0 Å². The van der Waals surface area contributed by atoms with Gasteiger partial charge in [-0.15, -0.1) is 0 Å². The number of hydrogen-bond acceptors (Lipinski definition) is 4. The molecular weight excluding hydrogens is 398 g/mol. The number of aromatic hydroxyl groups is 1. The Morgan fingerprint density at radius 1 is 0.938 bits per heavy atom. The smallest absolute Gasteiger partial charge is 0.126 e. The van der Waals surface area contributed by atoms with Crippen molar-refractivity contribution in [3.63, 3.8) is 0 Å². The predicted molar refractivity (Wildman–Crippen MR) is 127 cm³/mol. The van der Waals surface area contributed by atoms with Crippen LogP contribution in [-0.2, 0) is 0 Å². The molecule has 1 N–H and O–H groups in total. The lowest BCUT2D eigenvalue weighted by molar-refractivity contribution is 0.237. The fourth-order valence-corrected chi connectivity index (χ4v) is 4.98. The molecule has 5 rings (SSSR count). The molecule has 32 heavy (non-hydrogen) atoms. The molecule has 2 aliphatic rings. The van der Waals surface area contributed by atoms with E-state index < -0.39 is 0 Å². The second-order valence-corrected chi connectivity index (χ2v) is 8.99. The number of likely N-dealkylation sites (tertiary alicyclic amines) is 1. The second-order valence-electron chi connectivity index (χ2n) is 8.99.